The van der Waals surface area contributed by atoms with E-state index in [0.29, 0.717) is 4.34 Å². The highest BCUT2D eigenvalue weighted by Gasteiger charge is 2.09. The third-order valence-corrected chi connectivity index (χ3v) is 3.76. The summed E-state index contributed by atoms with van der Waals surface area (Å²) in [6.45, 7) is 2.07. The van der Waals surface area contributed by atoms with E-state index in [0.717, 1.165) is 10.9 Å². The van der Waals surface area contributed by atoms with Crippen molar-refractivity contribution < 1.29 is 5.11 Å². The molecule has 0 spiro atoms. The van der Waals surface area contributed by atoms with Crippen LogP contribution in [0.5, 0.6) is 0 Å². The molecular formula is C10H9ClOS. The summed E-state index contributed by atoms with van der Waals surface area (Å²) >= 11 is 7.53. The third-order valence-electron chi connectivity index (χ3n) is 2.12. The van der Waals surface area contributed by atoms with Crippen molar-refractivity contribution in [2.75, 3.05) is 0 Å². The number of thiophene rings is 1. The minimum atomic E-state index is 0.0162. The smallest absolute Gasteiger partial charge is 0.0996 e. The second kappa shape index (κ2) is 3.29. The first-order valence-electron chi connectivity index (χ1n) is 4.01. The summed E-state index contributed by atoms with van der Waals surface area (Å²) in [5.74, 6) is 0. The van der Waals surface area contributed by atoms with Gasteiger partial charge in [0.2, 0.25) is 0 Å². The second-order valence-electron chi connectivity index (χ2n) is 2.96. The fraction of sp³-hybridized carbons (Fsp3) is 0.200. The SMILES string of the molecule is Cc1cccc2c(CO)c(Cl)sc12. The number of aryl methyl sites for hydroxylation is 1. The quantitative estimate of drug-likeness (QED) is 0.769. The fourth-order valence-corrected chi connectivity index (χ4v) is 2.83. The molecule has 0 saturated carbocycles. The van der Waals surface area contributed by atoms with E-state index in [1.807, 2.05) is 12.1 Å². The summed E-state index contributed by atoms with van der Waals surface area (Å²) in [7, 11) is 0. The van der Waals surface area contributed by atoms with Crippen LogP contribution in [0.25, 0.3) is 10.1 Å². The van der Waals surface area contributed by atoms with Crippen molar-refractivity contribution in [3.63, 3.8) is 0 Å². The number of benzene rings is 1. The molecule has 2 aromatic rings. The first-order valence-corrected chi connectivity index (χ1v) is 5.21. The van der Waals surface area contributed by atoms with Gasteiger partial charge in [0, 0.05) is 10.3 Å². The first-order chi connectivity index (χ1) is 6.24. The Labute approximate surface area is 85.6 Å². The third kappa shape index (κ3) is 1.35. The zero-order valence-electron chi connectivity index (χ0n) is 7.17. The molecule has 1 aromatic heterocycles. The zero-order valence-corrected chi connectivity index (χ0v) is 8.75. The van der Waals surface area contributed by atoms with Crippen LogP contribution >= 0.6 is 22.9 Å². The summed E-state index contributed by atoms with van der Waals surface area (Å²) in [4.78, 5) is 0. The van der Waals surface area contributed by atoms with E-state index in [1.165, 1.54) is 21.6 Å². The summed E-state index contributed by atoms with van der Waals surface area (Å²) in [6, 6.07) is 6.03. The number of hydrogen-bond acceptors (Lipinski definition) is 2. The van der Waals surface area contributed by atoms with Crippen LogP contribution in [-0.2, 0) is 6.61 Å². The minimum absolute atomic E-state index is 0.0162. The Morgan fingerprint density at radius 2 is 2.23 bits per heavy atom. The number of hydrogen-bond donors (Lipinski definition) is 1. The molecule has 1 nitrogen and oxygen atoms in total. The van der Waals surface area contributed by atoms with Crippen LogP contribution in [0.4, 0.5) is 0 Å². The Hall–Kier alpha value is -0.570. The molecule has 13 heavy (non-hydrogen) atoms. The van der Waals surface area contributed by atoms with E-state index in [2.05, 4.69) is 13.0 Å². The summed E-state index contributed by atoms with van der Waals surface area (Å²) in [5.41, 5.74) is 2.06. The summed E-state index contributed by atoms with van der Waals surface area (Å²) < 4.78 is 1.88. The maximum Gasteiger partial charge on any atom is 0.0996 e. The molecule has 68 valence electrons. The molecule has 0 aliphatic carbocycles. The molecule has 0 fully saturated rings. The van der Waals surface area contributed by atoms with Gasteiger partial charge in [-0.05, 0) is 17.9 Å². The van der Waals surface area contributed by atoms with Crippen molar-refractivity contribution in [1.82, 2.24) is 0 Å². The molecular weight excluding hydrogens is 204 g/mol. The standard InChI is InChI=1S/C10H9ClOS/c1-6-3-2-4-7-8(5-12)10(11)13-9(6)7/h2-4,12H,5H2,1H3. The first kappa shape index (κ1) is 9.00. The highest BCUT2D eigenvalue weighted by molar-refractivity contribution is 7.23. The predicted octanol–water partition coefficient (Wildman–Crippen LogP) is 3.36. The molecule has 1 N–H and O–H groups in total. The highest BCUT2D eigenvalue weighted by atomic mass is 35.5. The molecule has 0 aliphatic heterocycles. The van der Waals surface area contributed by atoms with Gasteiger partial charge in [-0.25, -0.2) is 0 Å². The largest absolute Gasteiger partial charge is 0.392 e. The Morgan fingerprint density at radius 1 is 1.46 bits per heavy atom. The van der Waals surface area contributed by atoms with Crippen LogP contribution in [-0.4, -0.2) is 5.11 Å². The highest BCUT2D eigenvalue weighted by Crippen LogP contribution is 2.36. The Bertz CT molecular complexity index is 447. The number of halogens is 1. The fourth-order valence-electron chi connectivity index (χ4n) is 1.43. The number of rotatable bonds is 1. The Balaban J connectivity index is 2.86. The minimum Gasteiger partial charge on any atom is -0.392 e. The van der Waals surface area contributed by atoms with Crippen molar-refractivity contribution >= 4 is 33.0 Å². The van der Waals surface area contributed by atoms with Crippen LogP contribution in [0.15, 0.2) is 18.2 Å². The average molecular weight is 213 g/mol. The van der Waals surface area contributed by atoms with E-state index in [-0.39, 0.29) is 6.61 Å². The topological polar surface area (TPSA) is 20.2 Å². The van der Waals surface area contributed by atoms with E-state index < -0.39 is 0 Å². The van der Waals surface area contributed by atoms with Crippen LogP contribution in [0.1, 0.15) is 11.1 Å². The van der Waals surface area contributed by atoms with Gasteiger partial charge in [0.1, 0.15) is 0 Å². The molecule has 3 heteroatoms. The van der Waals surface area contributed by atoms with Crippen molar-refractivity contribution in [2.24, 2.45) is 0 Å². The lowest BCUT2D eigenvalue weighted by atomic mass is 10.1. The lowest BCUT2D eigenvalue weighted by Crippen LogP contribution is -1.80. The van der Waals surface area contributed by atoms with Crippen LogP contribution in [0, 0.1) is 6.92 Å². The van der Waals surface area contributed by atoms with E-state index in [1.54, 1.807) is 0 Å². The van der Waals surface area contributed by atoms with E-state index >= 15 is 0 Å². The second-order valence-corrected chi connectivity index (χ2v) is 4.59. The molecule has 0 unspecified atom stereocenters. The number of aliphatic hydroxyl groups is 1. The van der Waals surface area contributed by atoms with Gasteiger partial charge >= 0.3 is 0 Å². The number of aliphatic hydroxyl groups excluding tert-OH is 1. The molecule has 0 amide bonds. The molecule has 0 saturated heterocycles. The van der Waals surface area contributed by atoms with Crippen molar-refractivity contribution in [3.8, 4) is 0 Å². The van der Waals surface area contributed by atoms with Crippen molar-refractivity contribution in [1.29, 1.82) is 0 Å². The molecule has 0 radical (unpaired) electrons. The van der Waals surface area contributed by atoms with E-state index in [4.69, 9.17) is 16.7 Å². The van der Waals surface area contributed by atoms with Crippen molar-refractivity contribution in [3.05, 3.63) is 33.7 Å². The van der Waals surface area contributed by atoms with Gasteiger partial charge in [0.25, 0.3) is 0 Å². The monoisotopic (exact) mass is 212 g/mol. The normalized spacial score (nSPS) is 11.0. The lowest BCUT2D eigenvalue weighted by Gasteiger charge is -1.95. The van der Waals surface area contributed by atoms with Crippen molar-refractivity contribution in [2.45, 2.75) is 13.5 Å². The van der Waals surface area contributed by atoms with Gasteiger partial charge in [-0.15, -0.1) is 11.3 Å². The van der Waals surface area contributed by atoms with Gasteiger partial charge in [-0.3, -0.25) is 0 Å². The molecule has 0 bridgehead atoms. The number of fused-ring (bicyclic) bond motifs is 1. The van der Waals surface area contributed by atoms with Gasteiger partial charge in [-0.1, -0.05) is 29.8 Å². The van der Waals surface area contributed by atoms with Gasteiger partial charge in [-0.2, -0.15) is 0 Å². The molecule has 1 aromatic carbocycles. The lowest BCUT2D eigenvalue weighted by molar-refractivity contribution is 0.284. The summed E-state index contributed by atoms with van der Waals surface area (Å²) in [5, 5.41) is 10.2. The van der Waals surface area contributed by atoms with Crippen LogP contribution < -0.4 is 0 Å². The average Bonchev–Trinajstić information content (AvgIpc) is 2.43. The maximum absolute atomic E-state index is 9.12. The maximum atomic E-state index is 9.12. The Morgan fingerprint density at radius 3 is 2.92 bits per heavy atom. The zero-order chi connectivity index (χ0) is 9.42. The summed E-state index contributed by atoms with van der Waals surface area (Å²) in [6.07, 6.45) is 0. The Kier molecular flexibility index (Phi) is 2.28. The van der Waals surface area contributed by atoms with Crippen LogP contribution in [0.3, 0.4) is 0 Å². The van der Waals surface area contributed by atoms with Gasteiger partial charge < -0.3 is 5.11 Å². The predicted molar refractivity (Wildman–Crippen MR) is 57.5 cm³/mol. The molecule has 1 heterocycles. The van der Waals surface area contributed by atoms with Crippen LogP contribution in [0.2, 0.25) is 4.34 Å². The molecule has 0 aliphatic rings. The molecule has 0 atom stereocenters. The molecule has 2 rings (SSSR count). The van der Waals surface area contributed by atoms with Gasteiger partial charge in [0.15, 0.2) is 0 Å². The van der Waals surface area contributed by atoms with E-state index in [9.17, 15) is 0 Å². The van der Waals surface area contributed by atoms with Gasteiger partial charge in [0.05, 0.1) is 10.9 Å².